The molecule has 23 heavy (non-hydrogen) atoms. The Bertz CT molecular complexity index is 707. The molecule has 1 heterocycles. The second kappa shape index (κ2) is 6.62. The Kier molecular flexibility index (Phi) is 4.99. The van der Waals surface area contributed by atoms with Crippen LogP contribution in [0.4, 0.5) is 13.2 Å². The van der Waals surface area contributed by atoms with Gasteiger partial charge in [-0.3, -0.25) is 4.79 Å². The SMILES string of the molecule is CC(CCO)CNC(=O)c1cc2cc(C(F)(F)F)ccc2n1C. The van der Waals surface area contributed by atoms with E-state index in [0.29, 0.717) is 29.6 Å². The summed E-state index contributed by atoms with van der Waals surface area (Å²) in [5.41, 5.74) is 0.126. The van der Waals surface area contributed by atoms with E-state index in [1.54, 1.807) is 11.6 Å². The van der Waals surface area contributed by atoms with Gasteiger partial charge >= 0.3 is 6.18 Å². The topological polar surface area (TPSA) is 54.3 Å². The lowest BCUT2D eigenvalue weighted by Gasteiger charge is -2.11. The Morgan fingerprint density at radius 3 is 2.65 bits per heavy atom. The van der Waals surface area contributed by atoms with Crippen LogP contribution in [0.1, 0.15) is 29.4 Å². The normalized spacial score (nSPS) is 13.3. The van der Waals surface area contributed by atoms with Crippen molar-refractivity contribution in [1.82, 2.24) is 9.88 Å². The summed E-state index contributed by atoms with van der Waals surface area (Å²) in [5.74, 6) is -0.225. The average molecular weight is 328 g/mol. The second-order valence-electron chi connectivity index (χ2n) is 5.69. The zero-order chi connectivity index (χ0) is 17.2. The highest BCUT2D eigenvalue weighted by Gasteiger charge is 2.30. The Morgan fingerprint density at radius 1 is 1.35 bits per heavy atom. The van der Waals surface area contributed by atoms with Crippen LogP contribution < -0.4 is 5.32 Å². The standard InChI is InChI=1S/C16H19F3N2O2/c1-10(5-6-22)9-20-15(23)14-8-11-7-12(16(17,18)19)3-4-13(11)21(14)2/h3-4,7-8,10,22H,5-6,9H2,1-2H3,(H,20,23). The summed E-state index contributed by atoms with van der Waals surface area (Å²) in [6, 6.07) is 4.87. The molecule has 2 aromatic rings. The van der Waals surface area contributed by atoms with Crippen molar-refractivity contribution < 1.29 is 23.1 Å². The van der Waals surface area contributed by atoms with Crippen molar-refractivity contribution in [1.29, 1.82) is 0 Å². The molecule has 0 radical (unpaired) electrons. The summed E-state index contributed by atoms with van der Waals surface area (Å²) < 4.78 is 39.8. The first-order valence-electron chi connectivity index (χ1n) is 7.29. The fraction of sp³-hybridized carbons (Fsp3) is 0.438. The van der Waals surface area contributed by atoms with Crippen molar-refractivity contribution in [3.8, 4) is 0 Å². The largest absolute Gasteiger partial charge is 0.416 e. The molecule has 7 heteroatoms. The number of nitrogens with one attached hydrogen (secondary N) is 1. The van der Waals surface area contributed by atoms with E-state index in [9.17, 15) is 18.0 Å². The summed E-state index contributed by atoms with van der Waals surface area (Å²) in [7, 11) is 1.64. The summed E-state index contributed by atoms with van der Waals surface area (Å²) in [5, 5.41) is 11.9. The number of fused-ring (bicyclic) bond motifs is 1. The number of carbonyl (C=O) groups excluding carboxylic acids is 1. The van der Waals surface area contributed by atoms with Gasteiger partial charge in [-0.1, -0.05) is 6.92 Å². The third kappa shape index (κ3) is 3.85. The van der Waals surface area contributed by atoms with E-state index in [0.717, 1.165) is 12.1 Å². The zero-order valence-corrected chi connectivity index (χ0v) is 12.9. The lowest BCUT2D eigenvalue weighted by atomic mass is 10.1. The molecule has 0 bridgehead atoms. The van der Waals surface area contributed by atoms with E-state index in [2.05, 4.69) is 5.32 Å². The van der Waals surface area contributed by atoms with E-state index in [-0.39, 0.29) is 18.4 Å². The Labute approximate surface area is 131 Å². The molecule has 0 saturated carbocycles. The molecule has 0 spiro atoms. The number of carbonyl (C=O) groups is 1. The molecular weight excluding hydrogens is 309 g/mol. The fourth-order valence-corrected chi connectivity index (χ4v) is 2.42. The number of amides is 1. The van der Waals surface area contributed by atoms with Crippen molar-refractivity contribution >= 4 is 16.8 Å². The summed E-state index contributed by atoms with van der Waals surface area (Å²) >= 11 is 0. The van der Waals surface area contributed by atoms with Crippen LogP contribution in [0, 0.1) is 5.92 Å². The Balaban J connectivity index is 2.24. The first-order chi connectivity index (χ1) is 10.7. The van der Waals surface area contributed by atoms with Crippen LogP contribution in [-0.2, 0) is 13.2 Å². The number of hydrogen-bond donors (Lipinski definition) is 2. The van der Waals surface area contributed by atoms with Gasteiger partial charge in [-0.05, 0) is 36.6 Å². The van der Waals surface area contributed by atoms with Crippen LogP contribution in [0.15, 0.2) is 24.3 Å². The molecule has 1 aromatic heterocycles. The molecule has 0 aliphatic rings. The van der Waals surface area contributed by atoms with Crippen LogP contribution in [0.2, 0.25) is 0 Å². The fourth-order valence-electron chi connectivity index (χ4n) is 2.42. The summed E-state index contributed by atoms with van der Waals surface area (Å²) in [6.07, 6.45) is -3.84. The highest BCUT2D eigenvalue weighted by Crippen LogP contribution is 2.32. The molecule has 0 aliphatic carbocycles. The van der Waals surface area contributed by atoms with Gasteiger partial charge in [0.2, 0.25) is 0 Å². The molecule has 1 amide bonds. The van der Waals surface area contributed by atoms with Crippen molar-refractivity contribution in [2.45, 2.75) is 19.5 Å². The number of benzene rings is 1. The lowest BCUT2D eigenvalue weighted by molar-refractivity contribution is -0.137. The number of hydrogen-bond acceptors (Lipinski definition) is 2. The number of nitrogens with zero attached hydrogens (tertiary/aromatic N) is 1. The minimum atomic E-state index is -4.41. The maximum atomic E-state index is 12.8. The van der Waals surface area contributed by atoms with Gasteiger partial charge in [0.1, 0.15) is 5.69 Å². The minimum absolute atomic E-state index is 0.0469. The smallest absolute Gasteiger partial charge is 0.396 e. The molecule has 1 aromatic carbocycles. The van der Waals surface area contributed by atoms with E-state index >= 15 is 0 Å². The monoisotopic (exact) mass is 328 g/mol. The molecule has 2 N–H and O–H groups in total. The summed E-state index contributed by atoms with van der Waals surface area (Å²) in [6.45, 7) is 2.34. The van der Waals surface area contributed by atoms with Gasteiger partial charge in [0, 0.05) is 31.1 Å². The van der Waals surface area contributed by atoms with E-state index < -0.39 is 11.7 Å². The first kappa shape index (κ1) is 17.3. The van der Waals surface area contributed by atoms with Crippen LogP contribution in [0.3, 0.4) is 0 Å². The van der Waals surface area contributed by atoms with Gasteiger partial charge in [0.05, 0.1) is 5.56 Å². The third-order valence-corrected chi connectivity index (χ3v) is 3.84. The van der Waals surface area contributed by atoms with Gasteiger partial charge in [0.25, 0.3) is 5.91 Å². The first-order valence-corrected chi connectivity index (χ1v) is 7.29. The number of rotatable bonds is 5. The number of alkyl halides is 3. The predicted molar refractivity (Wildman–Crippen MR) is 81.1 cm³/mol. The van der Waals surface area contributed by atoms with E-state index in [4.69, 9.17) is 5.11 Å². The second-order valence-corrected chi connectivity index (χ2v) is 5.69. The van der Waals surface area contributed by atoms with Crippen LogP contribution in [0.25, 0.3) is 10.9 Å². The van der Waals surface area contributed by atoms with Crippen molar-refractivity contribution in [2.24, 2.45) is 13.0 Å². The molecular formula is C16H19F3N2O2. The minimum Gasteiger partial charge on any atom is -0.396 e. The third-order valence-electron chi connectivity index (χ3n) is 3.84. The molecule has 0 fully saturated rings. The number of aromatic nitrogens is 1. The van der Waals surface area contributed by atoms with Crippen LogP contribution in [0.5, 0.6) is 0 Å². The van der Waals surface area contributed by atoms with E-state index in [1.165, 1.54) is 12.1 Å². The van der Waals surface area contributed by atoms with Gasteiger partial charge < -0.3 is 15.0 Å². The number of aryl methyl sites for hydroxylation is 1. The van der Waals surface area contributed by atoms with Gasteiger partial charge in [-0.15, -0.1) is 0 Å². The maximum Gasteiger partial charge on any atom is 0.416 e. The average Bonchev–Trinajstić information content (AvgIpc) is 2.81. The summed E-state index contributed by atoms with van der Waals surface area (Å²) in [4.78, 5) is 12.2. The zero-order valence-electron chi connectivity index (χ0n) is 12.9. The Morgan fingerprint density at radius 2 is 2.04 bits per heavy atom. The van der Waals surface area contributed by atoms with Gasteiger partial charge in [0.15, 0.2) is 0 Å². The van der Waals surface area contributed by atoms with Crippen molar-refractivity contribution in [3.63, 3.8) is 0 Å². The van der Waals surface area contributed by atoms with Crippen LogP contribution >= 0.6 is 0 Å². The molecule has 0 saturated heterocycles. The molecule has 1 atom stereocenters. The maximum absolute atomic E-state index is 12.8. The predicted octanol–water partition coefficient (Wildman–Crippen LogP) is 2.95. The highest BCUT2D eigenvalue weighted by molar-refractivity contribution is 5.98. The number of aliphatic hydroxyl groups is 1. The van der Waals surface area contributed by atoms with Crippen molar-refractivity contribution in [2.75, 3.05) is 13.2 Å². The molecule has 2 rings (SSSR count). The van der Waals surface area contributed by atoms with Gasteiger partial charge in [-0.2, -0.15) is 13.2 Å². The highest BCUT2D eigenvalue weighted by atomic mass is 19.4. The lowest BCUT2D eigenvalue weighted by Crippen LogP contribution is -2.29. The Hall–Kier alpha value is -2.02. The number of halogens is 3. The van der Waals surface area contributed by atoms with Crippen LogP contribution in [-0.4, -0.2) is 28.7 Å². The number of aliphatic hydroxyl groups excluding tert-OH is 1. The molecule has 0 aliphatic heterocycles. The van der Waals surface area contributed by atoms with Gasteiger partial charge in [-0.25, -0.2) is 0 Å². The van der Waals surface area contributed by atoms with Crippen molar-refractivity contribution in [3.05, 3.63) is 35.5 Å². The van der Waals surface area contributed by atoms with E-state index in [1.807, 2.05) is 6.92 Å². The molecule has 1 unspecified atom stereocenters. The molecule has 126 valence electrons. The quantitative estimate of drug-likeness (QED) is 0.887. The molecule has 4 nitrogen and oxygen atoms in total.